The highest BCUT2D eigenvalue weighted by Crippen LogP contribution is 2.06. The minimum atomic E-state index is -0.0728. The van der Waals surface area contributed by atoms with Crippen LogP contribution in [0.25, 0.3) is 0 Å². The molecule has 5 heteroatoms. The van der Waals surface area contributed by atoms with Crippen LogP contribution in [-0.4, -0.2) is 28.5 Å². The van der Waals surface area contributed by atoms with Crippen molar-refractivity contribution < 1.29 is 9.59 Å². The molecule has 1 aromatic heterocycles. The minimum Gasteiger partial charge on any atom is -0.352 e. The summed E-state index contributed by atoms with van der Waals surface area (Å²) < 4.78 is 1.69. The molecule has 2 aromatic rings. The van der Waals surface area contributed by atoms with Gasteiger partial charge in [-0.25, -0.2) is 0 Å². The van der Waals surface area contributed by atoms with Crippen LogP contribution in [0.1, 0.15) is 33.2 Å². The van der Waals surface area contributed by atoms with Gasteiger partial charge < -0.3 is 5.32 Å². The summed E-state index contributed by atoms with van der Waals surface area (Å²) in [5, 5.41) is 6.82. The predicted octanol–water partition coefficient (Wildman–Crippen LogP) is 1.49. The smallest absolute Gasteiger partial charge is 0.251 e. The van der Waals surface area contributed by atoms with Crippen molar-refractivity contribution in [1.29, 1.82) is 0 Å². The maximum atomic E-state index is 11.6. The van der Waals surface area contributed by atoms with Crippen molar-refractivity contribution in [3.05, 3.63) is 53.3 Å². The monoisotopic (exact) mass is 257 g/mol. The molecule has 0 spiro atoms. The minimum absolute atomic E-state index is 0.0728. The van der Waals surface area contributed by atoms with Gasteiger partial charge in [-0.15, -0.1) is 0 Å². The van der Waals surface area contributed by atoms with Crippen LogP contribution in [0.2, 0.25) is 0 Å². The van der Waals surface area contributed by atoms with Crippen LogP contribution in [0.5, 0.6) is 0 Å². The van der Waals surface area contributed by atoms with Crippen molar-refractivity contribution in [2.45, 2.75) is 13.5 Å². The molecule has 1 N–H and O–H groups in total. The zero-order chi connectivity index (χ0) is 13.7. The van der Waals surface area contributed by atoms with Crippen LogP contribution in [0.15, 0.2) is 36.7 Å². The molecule has 5 nitrogen and oxygen atoms in total. The Morgan fingerprint density at radius 1 is 1.37 bits per heavy atom. The van der Waals surface area contributed by atoms with Crippen molar-refractivity contribution in [2.24, 2.45) is 0 Å². The third-order valence-corrected chi connectivity index (χ3v) is 2.69. The molecule has 0 saturated carbocycles. The van der Waals surface area contributed by atoms with Crippen molar-refractivity contribution in [3.8, 4) is 0 Å². The van der Waals surface area contributed by atoms with Crippen LogP contribution >= 0.6 is 0 Å². The van der Waals surface area contributed by atoms with Crippen LogP contribution in [0, 0.1) is 0 Å². The van der Waals surface area contributed by atoms with Crippen LogP contribution in [-0.2, 0) is 6.54 Å². The fourth-order valence-electron chi connectivity index (χ4n) is 1.74. The molecule has 2 rings (SSSR count). The number of aromatic nitrogens is 2. The third kappa shape index (κ3) is 3.28. The SMILES string of the molecule is CCNC(=O)c1ccc(Cn2cc(C=O)cn2)cc1. The predicted molar refractivity (Wildman–Crippen MR) is 71.2 cm³/mol. The Balaban J connectivity index is 2.06. The van der Waals surface area contributed by atoms with Gasteiger partial charge in [0.2, 0.25) is 0 Å². The van der Waals surface area contributed by atoms with E-state index in [2.05, 4.69) is 10.4 Å². The Morgan fingerprint density at radius 2 is 2.11 bits per heavy atom. The highest BCUT2D eigenvalue weighted by molar-refractivity contribution is 5.94. The highest BCUT2D eigenvalue weighted by Gasteiger charge is 2.04. The second kappa shape index (κ2) is 5.95. The number of aldehydes is 1. The number of carbonyl (C=O) groups excluding carboxylic acids is 2. The summed E-state index contributed by atoms with van der Waals surface area (Å²) in [7, 11) is 0. The van der Waals surface area contributed by atoms with E-state index in [1.165, 1.54) is 6.20 Å². The number of nitrogens with zero attached hydrogens (tertiary/aromatic N) is 2. The third-order valence-electron chi connectivity index (χ3n) is 2.69. The number of hydrogen-bond donors (Lipinski definition) is 1. The number of hydrogen-bond acceptors (Lipinski definition) is 3. The second-order valence-electron chi connectivity index (χ2n) is 4.15. The number of rotatable bonds is 5. The molecule has 1 heterocycles. The lowest BCUT2D eigenvalue weighted by molar-refractivity contribution is 0.0955. The molecule has 0 aliphatic carbocycles. The Morgan fingerprint density at radius 3 is 2.68 bits per heavy atom. The molecule has 98 valence electrons. The van der Waals surface area contributed by atoms with Gasteiger partial charge >= 0.3 is 0 Å². The number of benzene rings is 1. The summed E-state index contributed by atoms with van der Waals surface area (Å²) in [4.78, 5) is 22.1. The summed E-state index contributed by atoms with van der Waals surface area (Å²) in [6.45, 7) is 3.07. The van der Waals surface area contributed by atoms with E-state index in [0.29, 0.717) is 24.2 Å². The Kier molecular flexibility index (Phi) is 4.07. The Bertz CT molecular complexity index is 573. The van der Waals surface area contributed by atoms with Crippen LogP contribution < -0.4 is 5.32 Å². The van der Waals surface area contributed by atoms with E-state index in [-0.39, 0.29) is 5.91 Å². The standard InChI is InChI=1S/C14H15N3O2/c1-2-15-14(19)13-5-3-11(4-6-13)8-17-9-12(10-18)7-16-17/h3-7,9-10H,2,8H2,1H3,(H,15,19). The molecule has 0 saturated heterocycles. The molecule has 19 heavy (non-hydrogen) atoms. The van der Waals surface area contributed by atoms with E-state index in [1.54, 1.807) is 23.0 Å². The zero-order valence-electron chi connectivity index (χ0n) is 10.7. The van der Waals surface area contributed by atoms with E-state index in [0.717, 1.165) is 11.8 Å². The molecule has 0 bridgehead atoms. The molecule has 0 unspecified atom stereocenters. The first-order chi connectivity index (χ1) is 9.22. The largest absolute Gasteiger partial charge is 0.352 e. The molecule has 0 atom stereocenters. The summed E-state index contributed by atoms with van der Waals surface area (Å²) in [5.41, 5.74) is 2.21. The average molecular weight is 257 g/mol. The first-order valence-corrected chi connectivity index (χ1v) is 6.07. The van der Waals surface area contributed by atoms with Gasteiger partial charge in [0.1, 0.15) is 0 Å². The average Bonchev–Trinajstić information content (AvgIpc) is 2.87. The second-order valence-corrected chi connectivity index (χ2v) is 4.15. The van der Waals surface area contributed by atoms with Crippen LogP contribution in [0.4, 0.5) is 0 Å². The topological polar surface area (TPSA) is 64.0 Å². The fourth-order valence-corrected chi connectivity index (χ4v) is 1.74. The molecule has 0 aliphatic heterocycles. The van der Waals surface area contributed by atoms with Gasteiger partial charge in [-0.1, -0.05) is 12.1 Å². The molecule has 0 fully saturated rings. The maximum absolute atomic E-state index is 11.6. The molecule has 1 aromatic carbocycles. The van der Waals surface area contributed by atoms with Gasteiger partial charge in [-0.2, -0.15) is 5.10 Å². The van der Waals surface area contributed by atoms with Crippen molar-refractivity contribution in [2.75, 3.05) is 6.54 Å². The number of nitrogens with one attached hydrogen (secondary N) is 1. The van der Waals surface area contributed by atoms with Gasteiger partial charge in [0.15, 0.2) is 6.29 Å². The Hall–Kier alpha value is -2.43. The number of amides is 1. The highest BCUT2D eigenvalue weighted by atomic mass is 16.1. The fraction of sp³-hybridized carbons (Fsp3) is 0.214. The normalized spacial score (nSPS) is 10.2. The Labute approximate surface area is 111 Å². The van der Waals surface area contributed by atoms with Crippen molar-refractivity contribution in [3.63, 3.8) is 0 Å². The van der Waals surface area contributed by atoms with E-state index in [4.69, 9.17) is 0 Å². The van der Waals surface area contributed by atoms with Gasteiger partial charge in [0.25, 0.3) is 5.91 Å². The van der Waals surface area contributed by atoms with Gasteiger partial charge in [-0.05, 0) is 24.6 Å². The quantitative estimate of drug-likeness (QED) is 0.825. The zero-order valence-corrected chi connectivity index (χ0v) is 10.7. The summed E-state index contributed by atoms with van der Waals surface area (Å²) >= 11 is 0. The summed E-state index contributed by atoms with van der Waals surface area (Å²) in [6.07, 6.45) is 3.97. The maximum Gasteiger partial charge on any atom is 0.251 e. The lowest BCUT2D eigenvalue weighted by Gasteiger charge is -2.04. The van der Waals surface area contributed by atoms with E-state index >= 15 is 0 Å². The van der Waals surface area contributed by atoms with Crippen LogP contribution in [0.3, 0.4) is 0 Å². The molecular formula is C14H15N3O2. The summed E-state index contributed by atoms with van der Waals surface area (Å²) in [6, 6.07) is 7.33. The molecule has 1 amide bonds. The number of carbonyl (C=O) groups is 2. The molecular weight excluding hydrogens is 242 g/mol. The van der Waals surface area contributed by atoms with Gasteiger partial charge in [-0.3, -0.25) is 14.3 Å². The van der Waals surface area contributed by atoms with E-state index < -0.39 is 0 Å². The van der Waals surface area contributed by atoms with Crippen molar-refractivity contribution >= 4 is 12.2 Å². The lowest BCUT2D eigenvalue weighted by Crippen LogP contribution is -2.22. The first kappa shape index (κ1) is 13.0. The molecule has 0 radical (unpaired) electrons. The van der Waals surface area contributed by atoms with Gasteiger partial charge in [0, 0.05) is 18.3 Å². The first-order valence-electron chi connectivity index (χ1n) is 6.07. The van der Waals surface area contributed by atoms with Crippen molar-refractivity contribution in [1.82, 2.24) is 15.1 Å². The van der Waals surface area contributed by atoms with E-state index in [1.807, 2.05) is 19.1 Å². The van der Waals surface area contributed by atoms with E-state index in [9.17, 15) is 9.59 Å². The lowest BCUT2D eigenvalue weighted by atomic mass is 10.1. The molecule has 0 aliphatic rings. The summed E-state index contributed by atoms with van der Waals surface area (Å²) in [5.74, 6) is -0.0728. The van der Waals surface area contributed by atoms with Gasteiger partial charge in [0.05, 0.1) is 18.3 Å².